The van der Waals surface area contributed by atoms with Crippen molar-refractivity contribution in [3.63, 3.8) is 0 Å². The molecule has 0 saturated carbocycles. The number of carbonyl (C=O) groups excluding carboxylic acids is 2. The molecule has 60 heavy (non-hydrogen) atoms. The van der Waals surface area contributed by atoms with Crippen LogP contribution in [0.3, 0.4) is 0 Å². The van der Waals surface area contributed by atoms with E-state index in [1.54, 1.807) is 46.0 Å². The number of rotatable bonds is 6. The fourth-order valence-electron chi connectivity index (χ4n) is 7.70. The molecule has 0 spiro atoms. The lowest BCUT2D eigenvalue weighted by Gasteiger charge is -2.12. The highest BCUT2D eigenvalue weighted by molar-refractivity contribution is 6.02. The molecule has 4 aliphatic heterocycles. The van der Waals surface area contributed by atoms with Crippen LogP contribution in [0.15, 0.2) is 73.1 Å². The summed E-state index contributed by atoms with van der Waals surface area (Å²) in [6, 6.07) is 19.6. The third-order valence-electron chi connectivity index (χ3n) is 10.4. The van der Waals surface area contributed by atoms with Crippen molar-refractivity contribution in [3.8, 4) is 46.0 Å². The molecule has 4 aliphatic rings. The van der Waals surface area contributed by atoms with Gasteiger partial charge in [-0.15, -0.1) is 0 Å². The molecule has 0 bridgehead atoms. The molecule has 2 fully saturated rings. The molecule has 2 saturated heterocycles. The Morgan fingerprint density at radius 1 is 0.650 bits per heavy atom. The predicted octanol–water partition coefficient (Wildman–Crippen LogP) is 7.35. The van der Waals surface area contributed by atoms with Crippen LogP contribution in [0.2, 0.25) is 0 Å². The Kier molecular flexibility index (Phi) is 11.6. The van der Waals surface area contributed by atoms with E-state index in [0.717, 1.165) is 37.1 Å². The maximum absolute atomic E-state index is 14.6. The van der Waals surface area contributed by atoms with Gasteiger partial charge in [-0.25, -0.2) is 28.1 Å². The fraction of sp³-hybridized carbons (Fsp3) is 0.273. The highest BCUT2D eigenvalue weighted by atomic mass is 19.1. The number of hydrogen-bond donors (Lipinski definition) is 2. The van der Waals surface area contributed by atoms with Gasteiger partial charge in [-0.05, 0) is 74.2 Å². The molecule has 2 amide bonds. The minimum absolute atomic E-state index is 0. The number of carbonyl (C=O) groups is 2. The molecule has 10 rings (SSSR count). The van der Waals surface area contributed by atoms with Crippen molar-refractivity contribution >= 4 is 11.8 Å². The molecule has 6 aromatic rings. The van der Waals surface area contributed by atoms with E-state index in [0.29, 0.717) is 58.5 Å². The maximum Gasteiger partial charge on any atom is 0.255 e. The molecule has 4 aromatic heterocycles. The van der Waals surface area contributed by atoms with Crippen LogP contribution in [0.25, 0.3) is 33.9 Å². The summed E-state index contributed by atoms with van der Waals surface area (Å²) in [5, 5.41) is 33.5. The lowest BCUT2D eigenvalue weighted by molar-refractivity contribution is 0.0957. The van der Waals surface area contributed by atoms with Crippen LogP contribution in [0, 0.1) is 34.3 Å². The number of halogens is 2. The second-order valence-corrected chi connectivity index (χ2v) is 14.0. The minimum Gasteiger partial charge on any atom is -0.372 e. The van der Waals surface area contributed by atoms with Gasteiger partial charge in [0.25, 0.3) is 11.8 Å². The van der Waals surface area contributed by atoms with Gasteiger partial charge in [-0.1, -0.05) is 27.0 Å². The molecule has 0 radical (unpaired) electrons. The summed E-state index contributed by atoms with van der Waals surface area (Å²) in [7, 11) is 0. The fourth-order valence-corrected chi connectivity index (χ4v) is 7.70. The van der Waals surface area contributed by atoms with Gasteiger partial charge in [-0.3, -0.25) is 9.59 Å². The van der Waals surface area contributed by atoms with Gasteiger partial charge in [-0.2, -0.15) is 20.7 Å². The van der Waals surface area contributed by atoms with E-state index in [1.165, 1.54) is 24.3 Å². The number of nitrogens with zero attached hydrogens (tertiary/aromatic N) is 8. The van der Waals surface area contributed by atoms with E-state index < -0.39 is 11.6 Å². The molecule has 2 N–H and O–H groups in total. The number of hydrogen-bond acceptors (Lipinski definition) is 10. The largest absolute Gasteiger partial charge is 0.372 e. The van der Waals surface area contributed by atoms with Gasteiger partial charge >= 0.3 is 0 Å². The Morgan fingerprint density at radius 2 is 1.08 bits per heavy atom. The van der Waals surface area contributed by atoms with Crippen LogP contribution in [0.5, 0.6) is 0 Å². The van der Waals surface area contributed by atoms with Crippen LogP contribution < -0.4 is 10.6 Å². The predicted molar refractivity (Wildman–Crippen MR) is 215 cm³/mol. The van der Waals surface area contributed by atoms with E-state index in [1.807, 2.05) is 24.3 Å². The van der Waals surface area contributed by atoms with Crippen LogP contribution in [0.1, 0.15) is 107 Å². The number of ether oxygens (including phenoxy) is 2. The SMILES string of the molecule is C.C.N#Cc1cccc(F)c1-c1cc(-n2ccc(C3CCCO3)n2)c2c(n1)CNC2=O.N#Cc1cccc(F)c1-c1cc(-n2ccc([C@H]3CCCO3)n2)c2c(n1)CNC2=O. The summed E-state index contributed by atoms with van der Waals surface area (Å²) in [6.07, 6.45) is 7.17. The third kappa shape index (κ3) is 7.38. The third-order valence-corrected chi connectivity index (χ3v) is 10.4. The molecule has 2 atom stereocenters. The molecule has 304 valence electrons. The second-order valence-electron chi connectivity index (χ2n) is 14.0. The summed E-state index contributed by atoms with van der Waals surface area (Å²) in [5.74, 6) is -1.59. The van der Waals surface area contributed by atoms with Crippen molar-refractivity contribution in [1.29, 1.82) is 10.5 Å². The van der Waals surface area contributed by atoms with Gasteiger partial charge < -0.3 is 20.1 Å². The van der Waals surface area contributed by atoms with E-state index in [9.17, 15) is 28.9 Å². The first-order chi connectivity index (χ1) is 28.3. The minimum atomic E-state index is -0.541. The lowest BCUT2D eigenvalue weighted by atomic mass is 10.0. The van der Waals surface area contributed by atoms with Crippen molar-refractivity contribution in [1.82, 2.24) is 40.2 Å². The first-order valence-corrected chi connectivity index (χ1v) is 18.7. The van der Waals surface area contributed by atoms with Crippen LogP contribution >= 0.6 is 0 Å². The number of nitriles is 2. The summed E-state index contributed by atoms with van der Waals surface area (Å²) >= 11 is 0. The Bertz CT molecular complexity index is 2530. The number of amides is 2. The zero-order chi connectivity index (χ0) is 39.9. The Balaban J connectivity index is 0.000000176. The zero-order valence-electron chi connectivity index (χ0n) is 30.7. The van der Waals surface area contributed by atoms with Gasteiger partial charge in [0, 0.05) is 25.6 Å². The monoisotopic (exact) mass is 810 g/mol. The highest BCUT2D eigenvalue weighted by Crippen LogP contribution is 2.35. The molecule has 0 aliphatic carbocycles. The topological polar surface area (TPSA) is 186 Å². The van der Waals surface area contributed by atoms with Crippen molar-refractivity contribution in [2.24, 2.45) is 0 Å². The Hall–Kier alpha value is -7.14. The van der Waals surface area contributed by atoms with Gasteiger partial charge in [0.1, 0.15) is 23.8 Å². The molecule has 16 heteroatoms. The number of nitrogens with one attached hydrogen (secondary N) is 2. The standard InChI is InChI=1S/2C21H16FN5O2.2CH4/c2*22-13-4-1-3-12(10-23)19(13)15-9-17(20-16(25-15)11-24-21(20)28)27-7-6-14(26-27)18-5-2-8-29-18;;/h2*1,3-4,6-7,9,18H,2,5,8,11H2,(H,24,28);2*1H4/t18-;;;/m1.../s1. The number of benzene rings is 2. The van der Waals surface area contributed by atoms with Crippen molar-refractivity contribution in [3.05, 3.63) is 130 Å². The Labute approximate surface area is 344 Å². The summed E-state index contributed by atoms with van der Waals surface area (Å²) in [5.41, 5.74) is 5.57. The number of fused-ring (bicyclic) bond motifs is 2. The molecule has 2 aromatic carbocycles. The molecule has 14 nitrogen and oxygen atoms in total. The summed E-state index contributed by atoms with van der Waals surface area (Å²) < 4.78 is 43.7. The van der Waals surface area contributed by atoms with E-state index in [2.05, 4.69) is 30.8 Å². The molecule has 1 unspecified atom stereocenters. The van der Waals surface area contributed by atoms with Crippen LogP contribution in [-0.4, -0.2) is 54.6 Å². The number of pyridine rings is 2. The highest BCUT2D eigenvalue weighted by Gasteiger charge is 2.31. The molecular formula is C44H40F2N10O4. The summed E-state index contributed by atoms with van der Waals surface area (Å²) in [6.45, 7) is 1.90. The van der Waals surface area contributed by atoms with E-state index >= 15 is 0 Å². The Morgan fingerprint density at radius 3 is 1.47 bits per heavy atom. The van der Waals surface area contributed by atoms with E-state index in [4.69, 9.17) is 9.47 Å². The smallest absolute Gasteiger partial charge is 0.255 e. The zero-order valence-corrected chi connectivity index (χ0v) is 30.7. The quantitative estimate of drug-likeness (QED) is 0.172. The van der Waals surface area contributed by atoms with Gasteiger partial charge in [0.2, 0.25) is 0 Å². The van der Waals surface area contributed by atoms with Crippen molar-refractivity contribution < 1.29 is 27.8 Å². The normalized spacial score (nSPS) is 17.2. The molecule has 8 heterocycles. The van der Waals surface area contributed by atoms with Gasteiger partial charge in [0.05, 0.1) is 104 Å². The van der Waals surface area contributed by atoms with E-state index in [-0.39, 0.29) is 74.2 Å². The van der Waals surface area contributed by atoms with Crippen molar-refractivity contribution in [2.75, 3.05) is 13.2 Å². The average Bonchev–Trinajstić information content (AvgIpc) is 4.09. The van der Waals surface area contributed by atoms with Gasteiger partial charge in [0.15, 0.2) is 0 Å². The summed E-state index contributed by atoms with van der Waals surface area (Å²) in [4.78, 5) is 33.8. The maximum atomic E-state index is 14.6. The van der Waals surface area contributed by atoms with Crippen LogP contribution in [-0.2, 0) is 22.6 Å². The lowest BCUT2D eigenvalue weighted by Crippen LogP contribution is -2.14. The second kappa shape index (κ2) is 17.0. The molecular weight excluding hydrogens is 771 g/mol. The van der Waals surface area contributed by atoms with Crippen LogP contribution in [0.4, 0.5) is 8.78 Å². The first kappa shape index (κ1) is 41.0. The number of aromatic nitrogens is 6. The first-order valence-electron chi connectivity index (χ1n) is 18.7. The average molecular weight is 811 g/mol. The van der Waals surface area contributed by atoms with Crippen molar-refractivity contribution in [2.45, 2.75) is 65.8 Å².